The standard InChI is InChI=1S/C13H20BrN3O2/c1-9(2)19-13-4-12(15-8-16-13)17-6-11(5-14)18-7-10(17)3/h4,8-11H,5-7H2,1-3H3. The van der Waals surface area contributed by atoms with Crippen molar-refractivity contribution in [3.05, 3.63) is 12.4 Å². The smallest absolute Gasteiger partial charge is 0.218 e. The number of aromatic nitrogens is 2. The van der Waals surface area contributed by atoms with Crippen molar-refractivity contribution in [2.45, 2.75) is 39.0 Å². The Morgan fingerprint density at radius 1 is 1.53 bits per heavy atom. The molecule has 0 aliphatic carbocycles. The molecule has 106 valence electrons. The summed E-state index contributed by atoms with van der Waals surface area (Å²) in [5.74, 6) is 1.52. The van der Waals surface area contributed by atoms with Crippen molar-refractivity contribution >= 4 is 21.7 Å². The molecule has 2 heterocycles. The number of anilines is 1. The van der Waals surface area contributed by atoms with Crippen LogP contribution in [0.4, 0.5) is 5.82 Å². The Labute approximate surface area is 122 Å². The van der Waals surface area contributed by atoms with Crippen molar-refractivity contribution in [3.63, 3.8) is 0 Å². The van der Waals surface area contributed by atoms with Crippen molar-refractivity contribution < 1.29 is 9.47 Å². The lowest BCUT2D eigenvalue weighted by molar-refractivity contribution is 0.0376. The number of morpholine rings is 1. The van der Waals surface area contributed by atoms with Crippen LogP contribution in [0.3, 0.4) is 0 Å². The largest absolute Gasteiger partial charge is 0.475 e. The molecule has 0 amide bonds. The Bertz CT molecular complexity index is 417. The van der Waals surface area contributed by atoms with Gasteiger partial charge in [-0.3, -0.25) is 0 Å². The maximum atomic E-state index is 5.72. The van der Waals surface area contributed by atoms with Crippen molar-refractivity contribution in [2.24, 2.45) is 0 Å². The first kappa shape index (κ1) is 14.5. The molecule has 0 bridgehead atoms. The first-order valence-electron chi connectivity index (χ1n) is 6.53. The van der Waals surface area contributed by atoms with Crippen molar-refractivity contribution in [1.82, 2.24) is 9.97 Å². The molecule has 0 saturated carbocycles. The molecule has 1 aromatic rings. The van der Waals surface area contributed by atoms with Gasteiger partial charge >= 0.3 is 0 Å². The molecule has 19 heavy (non-hydrogen) atoms. The fraction of sp³-hybridized carbons (Fsp3) is 0.692. The van der Waals surface area contributed by atoms with E-state index in [1.165, 1.54) is 0 Å². The van der Waals surface area contributed by atoms with Crippen LogP contribution in [-0.4, -0.2) is 46.7 Å². The van der Waals surface area contributed by atoms with Gasteiger partial charge in [0.2, 0.25) is 5.88 Å². The van der Waals surface area contributed by atoms with Crippen LogP contribution in [0.1, 0.15) is 20.8 Å². The van der Waals surface area contributed by atoms with Crippen LogP contribution in [-0.2, 0) is 4.74 Å². The van der Waals surface area contributed by atoms with Crippen LogP contribution in [0.25, 0.3) is 0 Å². The molecule has 6 heteroatoms. The van der Waals surface area contributed by atoms with Gasteiger partial charge in [0, 0.05) is 17.9 Å². The molecule has 1 saturated heterocycles. The Kier molecular flexibility index (Phi) is 4.99. The molecule has 0 spiro atoms. The van der Waals surface area contributed by atoms with Crippen LogP contribution >= 0.6 is 15.9 Å². The summed E-state index contributed by atoms with van der Waals surface area (Å²) in [6, 6.07) is 2.20. The van der Waals surface area contributed by atoms with E-state index < -0.39 is 0 Å². The highest BCUT2D eigenvalue weighted by atomic mass is 79.9. The van der Waals surface area contributed by atoms with E-state index in [1.54, 1.807) is 6.33 Å². The van der Waals surface area contributed by atoms with Gasteiger partial charge in [-0.25, -0.2) is 9.97 Å². The summed E-state index contributed by atoms with van der Waals surface area (Å²) < 4.78 is 11.3. The Hall–Kier alpha value is -0.880. The quantitative estimate of drug-likeness (QED) is 0.793. The van der Waals surface area contributed by atoms with Crippen molar-refractivity contribution in [3.8, 4) is 5.88 Å². The van der Waals surface area contributed by atoms with E-state index in [4.69, 9.17) is 9.47 Å². The molecule has 1 aliphatic heterocycles. The fourth-order valence-electron chi connectivity index (χ4n) is 2.02. The lowest BCUT2D eigenvalue weighted by atomic mass is 10.2. The second-order valence-corrected chi connectivity index (χ2v) is 5.64. The van der Waals surface area contributed by atoms with Crippen molar-refractivity contribution in [2.75, 3.05) is 23.4 Å². The maximum Gasteiger partial charge on any atom is 0.218 e. The summed E-state index contributed by atoms with van der Waals surface area (Å²) in [6.45, 7) is 7.64. The molecule has 1 fully saturated rings. The first-order chi connectivity index (χ1) is 9.10. The van der Waals surface area contributed by atoms with Gasteiger partial charge < -0.3 is 14.4 Å². The summed E-state index contributed by atoms with van der Waals surface area (Å²) in [5, 5.41) is 0.830. The van der Waals surface area contributed by atoms with Gasteiger partial charge in [-0.2, -0.15) is 0 Å². The summed E-state index contributed by atoms with van der Waals surface area (Å²) in [7, 11) is 0. The van der Waals surface area contributed by atoms with Crippen LogP contribution in [0, 0.1) is 0 Å². The first-order valence-corrected chi connectivity index (χ1v) is 7.65. The topological polar surface area (TPSA) is 47.5 Å². The van der Waals surface area contributed by atoms with E-state index in [0.717, 1.165) is 17.7 Å². The third-order valence-corrected chi connectivity index (χ3v) is 3.68. The van der Waals surface area contributed by atoms with Gasteiger partial charge in [0.15, 0.2) is 0 Å². The average molecular weight is 330 g/mol. The molecular formula is C13H20BrN3O2. The molecule has 2 rings (SSSR count). The van der Waals surface area contributed by atoms with E-state index in [2.05, 4.69) is 37.7 Å². The van der Waals surface area contributed by atoms with Gasteiger partial charge in [0.25, 0.3) is 0 Å². The predicted octanol–water partition coefficient (Wildman–Crippen LogP) is 2.25. The van der Waals surface area contributed by atoms with E-state index in [-0.39, 0.29) is 12.2 Å². The minimum atomic E-state index is 0.111. The zero-order valence-corrected chi connectivity index (χ0v) is 13.1. The summed E-state index contributed by atoms with van der Waals surface area (Å²) in [5.41, 5.74) is 0. The molecule has 0 radical (unpaired) electrons. The van der Waals surface area contributed by atoms with E-state index >= 15 is 0 Å². The second kappa shape index (κ2) is 6.52. The number of halogens is 1. The lowest BCUT2D eigenvalue weighted by Gasteiger charge is -2.38. The Morgan fingerprint density at radius 3 is 3.00 bits per heavy atom. The summed E-state index contributed by atoms with van der Waals surface area (Å²) in [6.07, 6.45) is 1.86. The lowest BCUT2D eigenvalue weighted by Crippen LogP contribution is -2.49. The van der Waals surface area contributed by atoms with Gasteiger partial charge in [-0.15, -0.1) is 0 Å². The minimum Gasteiger partial charge on any atom is -0.475 e. The highest BCUT2D eigenvalue weighted by Gasteiger charge is 2.26. The molecule has 0 aromatic carbocycles. The van der Waals surface area contributed by atoms with Crippen LogP contribution in [0.5, 0.6) is 5.88 Å². The third-order valence-electron chi connectivity index (χ3n) is 2.96. The Morgan fingerprint density at radius 2 is 2.32 bits per heavy atom. The molecule has 5 nitrogen and oxygen atoms in total. The molecule has 1 aromatic heterocycles. The van der Waals surface area contributed by atoms with Gasteiger partial charge in [-0.1, -0.05) is 15.9 Å². The van der Waals surface area contributed by atoms with Crippen LogP contribution in [0.2, 0.25) is 0 Å². The number of hydrogen-bond donors (Lipinski definition) is 0. The normalized spacial score (nSPS) is 23.7. The fourth-order valence-corrected chi connectivity index (χ4v) is 2.41. The number of nitrogens with zero attached hydrogens (tertiary/aromatic N) is 3. The van der Waals surface area contributed by atoms with E-state index in [0.29, 0.717) is 18.5 Å². The number of rotatable bonds is 4. The number of ether oxygens (including phenoxy) is 2. The maximum absolute atomic E-state index is 5.72. The number of alkyl halides is 1. The SMILES string of the molecule is CC(C)Oc1cc(N2CC(CBr)OCC2C)ncn1. The van der Waals surface area contributed by atoms with Crippen LogP contribution in [0.15, 0.2) is 12.4 Å². The molecule has 2 atom stereocenters. The average Bonchev–Trinajstić information content (AvgIpc) is 2.39. The van der Waals surface area contributed by atoms with Gasteiger partial charge in [0.1, 0.15) is 12.1 Å². The van der Waals surface area contributed by atoms with Gasteiger partial charge in [0.05, 0.1) is 24.9 Å². The highest BCUT2D eigenvalue weighted by Crippen LogP contribution is 2.23. The van der Waals surface area contributed by atoms with E-state index in [9.17, 15) is 0 Å². The minimum absolute atomic E-state index is 0.111. The van der Waals surface area contributed by atoms with Crippen LogP contribution < -0.4 is 9.64 Å². The second-order valence-electron chi connectivity index (χ2n) is 4.99. The molecule has 2 unspecified atom stereocenters. The third kappa shape index (κ3) is 3.79. The zero-order valence-electron chi connectivity index (χ0n) is 11.5. The van der Waals surface area contributed by atoms with Crippen molar-refractivity contribution in [1.29, 1.82) is 0 Å². The predicted molar refractivity (Wildman–Crippen MR) is 78.1 cm³/mol. The van der Waals surface area contributed by atoms with Gasteiger partial charge in [-0.05, 0) is 20.8 Å². The monoisotopic (exact) mass is 329 g/mol. The zero-order chi connectivity index (χ0) is 13.8. The molecule has 0 N–H and O–H groups in total. The summed E-state index contributed by atoms with van der Waals surface area (Å²) in [4.78, 5) is 10.7. The van der Waals surface area contributed by atoms with E-state index in [1.807, 2.05) is 19.9 Å². The summed E-state index contributed by atoms with van der Waals surface area (Å²) >= 11 is 3.47. The Balaban J connectivity index is 2.15. The number of hydrogen-bond acceptors (Lipinski definition) is 5. The molecule has 1 aliphatic rings. The molecular weight excluding hydrogens is 310 g/mol. The highest BCUT2D eigenvalue weighted by molar-refractivity contribution is 9.09.